The standard InChI is InChI=1S/C27H24ClF2N3O5/c1-36-22-11-32-27-23(24(22)33-14-5-6-16(12-34)37-13-14)18(10-31-27)25(35)17-8-7-15(9-19(17)28)38-26-20(29)3-2-4-21(26)30/h2-4,7-11,14,16,34H,5-6,12-13H2,1H3,(H2,31,32,33)/t14-,16+/m1/s1. The maximum atomic E-state index is 14.0. The second-order valence-electron chi connectivity index (χ2n) is 8.81. The normalized spacial score (nSPS) is 17.4. The van der Waals surface area contributed by atoms with Crippen molar-refractivity contribution in [2.45, 2.75) is 25.0 Å². The molecular weight excluding hydrogens is 520 g/mol. The summed E-state index contributed by atoms with van der Waals surface area (Å²) in [5, 5.41) is 13.3. The Morgan fingerprint density at radius 1 is 1.24 bits per heavy atom. The van der Waals surface area contributed by atoms with E-state index < -0.39 is 23.2 Å². The Hall–Kier alpha value is -3.73. The predicted molar refractivity (Wildman–Crippen MR) is 137 cm³/mol. The molecule has 2 aromatic heterocycles. The van der Waals surface area contributed by atoms with Crippen LogP contribution in [0.1, 0.15) is 28.8 Å². The zero-order valence-corrected chi connectivity index (χ0v) is 21.0. The number of benzene rings is 2. The van der Waals surface area contributed by atoms with Gasteiger partial charge in [-0.1, -0.05) is 17.7 Å². The number of ketones is 1. The van der Waals surface area contributed by atoms with Gasteiger partial charge in [-0.3, -0.25) is 4.79 Å². The van der Waals surface area contributed by atoms with Crippen molar-refractivity contribution in [2.24, 2.45) is 0 Å². The number of fused-ring (bicyclic) bond motifs is 1. The van der Waals surface area contributed by atoms with Gasteiger partial charge in [0.15, 0.2) is 28.9 Å². The fourth-order valence-electron chi connectivity index (χ4n) is 4.41. The van der Waals surface area contributed by atoms with Crippen LogP contribution in [0.2, 0.25) is 5.02 Å². The number of halogens is 3. The molecular formula is C27H24ClF2N3O5. The Balaban J connectivity index is 1.46. The number of aromatic amines is 1. The number of aliphatic hydroxyl groups excluding tert-OH is 1. The molecule has 0 bridgehead atoms. The van der Waals surface area contributed by atoms with E-state index in [0.29, 0.717) is 41.1 Å². The number of para-hydroxylation sites is 1. The topological polar surface area (TPSA) is 106 Å². The van der Waals surface area contributed by atoms with Gasteiger partial charge in [-0.2, -0.15) is 0 Å². The Kier molecular flexibility index (Phi) is 7.46. The smallest absolute Gasteiger partial charge is 0.198 e. The van der Waals surface area contributed by atoms with Crippen molar-refractivity contribution in [1.29, 1.82) is 0 Å². The average molecular weight is 544 g/mol. The number of nitrogens with one attached hydrogen (secondary N) is 2. The molecule has 1 saturated heterocycles. The molecule has 1 aliphatic heterocycles. The molecule has 0 saturated carbocycles. The van der Waals surface area contributed by atoms with Crippen molar-refractivity contribution >= 4 is 34.1 Å². The Morgan fingerprint density at radius 3 is 2.68 bits per heavy atom. The molecule has 0 radical (unpaired) electrons. The molecule has 1 fully saturated rings. The van der Waals surface area contributed by atoms with Crippen LogP contribution in [-0.2, 0) is 4.74 Å². The molecule has 198 valence electrons. The lowest BCUT2D eigenvalue weighted by atomic mass is 10.0. The third kappa shape index (κ3) is 5.02. The van der Waals surface area contributed by atoms with Gasteiger partial charge in [0, 0.05) is 23.9 Å². The molecule has 0 unspecified atom stereocenters. The summed E-state index contributed by atoms with van der Waals surface area (Å²) in [4.78, 5) is 21.0. The summed E-state index contributed by atoms with van der Waals surface area (Å²) in [6.07, 6.45) is 4.34. The number of carbonyl (C=O) groups is 1. The van der Waals surface area contributed by atoms with E-state index in [0.717, 1.165) is 18.6 Å². The van der Waals surface area contributed by atoms with Crippen LogP contribution >= 0.6 is 11.6 Å². The van der Waals surface area contributed by atoms with E-state index >= 15 is 0 Å². The molecule has 4 aromatic rings. The highest BCUT2D eigenvalue weighted by molar-refractivity contribution is 6.36. The second kappa shape index (κ2) is 10.9. The van der Waals surface area contributed by atoms with Crippen molar-refractivity contribution in [1.82, 2.24) is 9.97 Å². The van der Waals surface area contributed by atoms with Gasteiger partial charge >= 0.3 is 0 Å². The molecule has 0 aliphatic carbocycles. The van der Waals surface area contributed by atoms with E-state index in [2.05, 4.69) is 15.3 Å². The summed E-state index contributed by atoms with van der Waals surface area (Å²) in [6, 6.07) is 7.48. The van der Waals surface area contributed by atoms with Crippen LogP contribution in [0.25, 0.3) is 11.0 Å². The molecule has 3 N–H and O–H groups in total. The third-order valence-electron chi connectivity index (χ3n) is 6.38. The van der Waals surface area contributed by atoms with Crippen LogP contribution in [-0.4, -0.2) is 53.3 Å². The van der Waals surface area contributed by atoms with E-state index in [1.165, 1.54) is 31.4 Å². The van der Waals surface area contributed by atoms with Gasteiger partial charge in [-0.25, -0.2) is 13.8 Å². The summed E-state index contributed by atoms with van der Waals surface area (Å²) in [7, 11) is 1.51. The fourth-order valence-corrected chi connectivity index (χ4v) is 4.67. The van der Waals surface area contributed by atoms with Gasteiger partial charge in [0.25, 0.3) is 0 Å². The van der Waals surface area contributed by atoms with Gasteiger partial charge in [0.05, 0.1) is 54.3 Å². The van der Waals surface area contributed by atoms with Crippen LogP contribution in [0, 0.1) is 11.6 Å². The zero-order valence-electron chi connectivity index (χ0n) is 20.3. The van der Waals surface area contributed by atoms with E-state index in [1.807, 2.05) is 0 Å². The maximum absolute atomic E-state index is 14.0. The van der Waals surface area contributed by atoms with E-state index in [9.17, 15) is 18.7 Å². The van der Waals surface area contributed by atoms with Crippen LogP contribution in [0.15, 0.2) is 48.8 Å². The molecule has 2 aromatic carbocycles. The van der Waals surface area contributed by atoms with Crippen LogP contribution in [0.5, 0.6) is 17.2 Å². The summed E-state index contributed by atoms with van der Waals surface area (Å²) >= 11 is 6.43. The Labute approximate surface area is 221 Å². The zero-order chi connectivity index (χ0) is 26.8. The number of pyridine rings is 1. The number of carbonyl (C=O) groups excluding carboxylic acids is 1. The highest BCUT2D eigenvalue weighted by atomic mass is 35.5. The van der Waals surface area contributed by atoms with Crippen molar-refractivity contribution in [3.63, 3.8) is 0 Å². The number of methoxy groups -OCH3 is 1. The summed E-state index contributed by atoms with van der Waals surface area (Å²) in [6.45, 7) is 0.341. The molecule has 0 amide bonds. The highest BCUT2D eigenvalue weighted by Crippen LogP contribution is 2.37. The minimum absolute atomic E-state index is 0.0359. The van der Waals surface area contributed by atoms with Crippen molar-refractivity contribution in [2.75, 3.05) is 25.6 Å². The fraction of sp³-hybridized carbons (Fsp3) is 0.259. The number of ether oxygens (including phenoxy) is 3. The summed E-state index contributed by atoms with van der Waals surface area (Å²) < 4.78 is 44.5. The number of aromatic nitrogens is 2. The summed E-state index contributed by atoms with van der Waals surface area (Å²) in [5.41, 5.74) is 1.50. The SMILES string of the molecule is COc1cnc2[nH]cc(C(=O)c3ccc(Oc4c(F)cccc4F)cc3Cl)c2c1N[C@@H]1CC[C@@H](CO)OC1. The quantitative estimate of drug-likeness (QED) is 0.253. The first-order valence-electron chi connectivity index (χ1n) is 11.9. The predicted octanol–water partition coefficient (Wildman–Crippen LogP) is 5.48. The first kappa shape index (κ1) is 25.9. The van der Waals surface area contributed by atoms with E-state index in [-0.39, 0.29) is 35.1 Å². The van der Waals surface area contributed by atoms with Gasteiger partial charge in [-0.05, 0) is 37.1 Å². The number of nitrogens with zero attached hydrogens (tertiary/aromatic N) is 1. The van der Waals surface area contributed by atoms with E-state index in [4.69, 9.17) is 25.8 Å². The number of H-pyrrole nitrogens is 1. The van der Waals surface area contributed by atoms with Gasteiger partial charge in [0.1, 0.15) is 11.4 Å². The van der Waals surface area contributed by atoms with Crippen LogP contribution < -0.4 is 14.8 Å². The van der Waals surface area contributed by atoms with Crippen LogP contribution in [0.3, 0.4) is 0 Å². The molecule has 1 aliphatic rings. The second-order valence-corrected chi connectivity index (χ2v) is 9.21. The molecule has 38 heavy (non-hydrogen) atoms. The number of anilines is 1. The van der Waals surface area contributed by atoms with Gasteiger partial charge in [0.2, 0.25) is 0 Å². The number of aliphatic hydroxyl groups is 1. The first-order valence-corrected chi connectivity index (χ1v) is 12.3. The number of rotatable bonds is 8. The molecule has 8 nitrogen and oxygen atoms in total. The minimum atomic E-state index is -0.864. The van der Waals surface area contributed by atoms with E-state index in [1.54, 1.807) is 12.4 Å². The average Bonchev–Trinajstić information content (AvgIpc) is 3.36. The van der Waals surface area contributed by atoms with Crippen LogP contribution in [0.4, 0.5) is 14.5 Å². The lowest BCUT2D eigenvalue weighted by molar-refractivity contribution is -0.0223. The van der Waals surface area contributed by atoms with Crippen molar-refractivity contribution < 1.29 is 32.9 Å². The molecule has 11 heteroatoms. The van der Waals surface area contributed by atoms with Crippen molar-refractivity contribution in [3.8, 4) is 17.2 Å². The maximum Gasteiger partial charge on any atom is 0.198 e. The molecule has 2 atom stereocenters. The monoisotopic (exact) mass is 543 g/mol. The summed E-state index contributed by atoms with van der Waals surface area (Å²) in [5.74, 6) is -2.18. The lowest BCUT2D eigenvalue weighted by Gasteiger charge is -2.29. The first-order chi connectivity index (χ1) is 18.4. The molecule has 3 heterocycles. The Morgan fingerprint density at radius 2 is 2.03 bits per heavy atom. The molecule has 5 rings (SSSR count). The van der Waals surface area contributed by atoms with Gasteiger partial charge < -0.3 is 29.6 Å². The highest BCUT2D eigenvalue weighted by Gasteiger charge is 2.26. The number of hydrogen-bond acceptors (Lipinski definition) is 7. The third-order valence-corrected chi connectivity index (χ3v) is 6.69. The molecule has 0 spiro atoms. The largest absolute Gasteiger partial charge is 0.493 e. The minimum Gasteiger partial charge on any atom is -0.493 e. The number of hydrogen-bond donors (Lipinski definition) is 3. The lowest BCUT2D eigenvalue weighted by Crippen LogP contribution is -2.36. The van der Waals surface area contributed by atoms with Crippen molar-refractivity contribution in [3.05, 3.63) is 76.6 Å². The van der Waals surface area contributed by atoms with Gasteiger partial charge in [-0.15, -0.1) is 0 Å². The Bertz CT molecular complexity index is 1470.